The van der Waals surface area contributed by atoms with Gasteiger partial charge in [0, 0.05) is 11.5 Å². The molecule has 0 radical (unpaired) electrons. The molecule has 27 heavy (non-hydrogen) atoms. The standard InChI is InChI=1S/C22H28O5/c1-7-8-9-10-15-14(3)18(12-17(15)23)27-21(25)19-16(22(19,4)5)11-13(2)20(24)26-6/h7-9,11,15-16,19H,1,10,12H2,2-6H3/t15?,16-,19+/m1/s1. The smallest absolute Gasteiger partial charge is 0.333 e. The fraction of sp³-hybridized carbons (Fsp3) is 0.500. The lowest BCUT2D eigenvalue weighted by atomic mass is 9.97. The highest BCUT2D eigenvalue weighted by Crippen LogP contribution is 2.60. The monoisotopic (exact) mass is 372 g/mol. The van der Waals surface area contributed by atoms with E-state index in [2.05, 4.69) is 6.58 Å². The normalized spacial score (nSPS) is 27.1. The van der Waals surface area contributed by atoms with E-state index >= 15 is 0 Å². The summed E-state index contributed by atoms with van der Waals surface area (Å²) >= 11 is 0. The van der Waals surface area contributed by atoms with Gasteiger partial charge in [0.15, 0.2) is 0 Å². The zero-order valence-corrected chi connectivity index (χ0v) is 16.7. The molecule has 0 aromatic heterocycles. The number of hydrogen-bond acceptors (Lipinski definition) is 5. The van der Waals surface area contributed by atoms with E-state index in [9.17, 15) is 14.4 Å². The Morgan fingerprint density at radius 1 is 1.33 bits per heavy atom. The fourth-order valence-corrected chi connectivity index (χ4v) is 3.71. The van der Waals surface area contributed by atoms with Crippen LogP contribution in [0.5, 0.6) is 0 Å². The third-order valence-corrected chi connectivity index (χ3v) is 5.66. The molecule has 0 N–H and O–H groups in total. The zero-order valence-electron chi connectivity index (χ0n) is 16.7. The zero-order chi connectivity index (χ0) is 20.4. The van der Waals surface area contributed by atoms with Crippen molar-refractivity contribution in [1.82, 2.24) is 0 Å². The van der Waals surface area contributed by atoms with E-state index in [1.807, 2.05) is 26.8 Å². The molecule has 1 fully saturated rings. The van der Waals surface area contributed by atoms with Crippen molar-refractivity contribution in [1.29, 1.82) is 0 Å². The van der Waals surface area contributed by atoms with Crippen molar-refractivity contribution in [2.75, 3.05) is 7.11 Å². The van der Waals surface area contributed by atoms with Crippen LogP contribution >= 0.6 is 0 Å². The van der Waals surface area contributed by atoms with E-state index in [0.29, 0.717) is 17.8 Å². The maximum Gasteiger partial charge on any atom is 0.333 e. The summed E-state index contributed by atoms with van der Waals surface area (Å²) in [5.41, 5.74) is 1.000. The summed E-state index contributed by atoms with van der Waals surface area (Å²) in [5.74, 6) is -0.883. The maximum atomic E-state index is 12.7. The summed E-state index contributed by atoms with van der Waals surface area (Å²) in [6, 6.07) is 0. The summed E-state index contributed by atoms with van der Waals surface area (Å²) in [5, 5.41) is 0. The molecule has 0 saturated heterocycles. The van der Waals surface area contributed by atoms with Gasteiger partial charge in [-0.2, -0.15) is 0 Å². The highest BCUT2D eigenvalue weighted by atomic mass is 16.5. The lowest BCUT2D eigenvalue weighted by Gasteiger charge is -2.08. The fourth-order valence-electron chi connectivity index (χ4n) is 3.71. The first kappa shape index (κ1) is 20.9. The molecule has 0 spiro atoms. The molecule has 2 aliphatic carbocycles. The molecular weight excluding hydrogens is 344 g/mol. The van der Waals surface area contributed by atoms with Gasteiger partial charge < -0.3 is 9.47 Å². The van der Waals surface area contributed by atoms with Crippen LogP contribution in [0.15, 0.2) is 47.8 Å². The molecule has 2 aliphatic rings. The molecule has 5 heteroatoms. The quantitative estimate of drug-likeness (QED) is 0.385. The first-order chi connectivity index (χ1) is 12.6. The Bertz CT molecular complexity index is 751. The number of ether oxygens (including phenoxy) is 2. The van der Waals surface area contributed by atoms with Gasteiger partial charge >= 0.3 is 11.9 Å². The van der Waals surface area contributed by atoms with E-state index in [1.54, 1.807) is 25.2 Å². The summed E-state index contributed by atoms with van der Waals surface area (Å²) in [4.78, 5) is 36.5. The molecular formula is C22H28O5. The Hall–Kier alpha value is -2.43. The van der Waals surface area contributed by atoms with Gasteiger partial charge in [0.05, 0.1) is 19.4 Å². The Morgan fingerprint density at radius 3 is 2.59 bits per heavy atom. The van der Waals surface area contributed by atoms with Gasteiger partial charge in [0.25, 0.3) is 0 Å². The second kappa shape index (κ2) is 8.07. The molecule has 0 aromatic carbocycles. The van der Waals surface area contributed by atoms with E-state index in [-0.39, 0.29) is 41.3 Å². The molecule has 0 amide bonds. The molecule has 1 saturated carbocycles. The van der Waals surface area contributed by atoms with Crippen molar-refractivity contribution in [3.63, 3.8) is 0 Å². The second-order valence-electron chi connectivity index (χ2n) is 7.79. The van der Waals surface area contributed by atoms with Gasteiger partial charge in [-0.25, -0.2) is 4.79 Å². The van der Waals surface area contributed by atoms with Crippen molar-refractivity contribution < 1.29 is 23.9 Å². The average Bonchev–Trinajstić information content (AvgIpc) is 3.05. The Balaban J connectivity index is 2.08. The predicted octanol–water partition coefficient (Wildman–Crippen LogP) is 3.92. The molecule has 0 bridgehead atoms. The number of carbonyl (C=O) groups excluding carboxylic acids is 3. The van der Waals surface area contributed by atoms with E-state index in [4.69, 9.17) is 9.47 Å². The van der Waals surface area contributed by atoms with Gasteiger partial charge in [0.1, 0.15) is 11.5 Å². The van der Waals surface area contributed by atoms with Gasteiger partial charge in [-0.15, -0.1) is 0 Å². The maximum absolute atomic E-state index is 12.7. The van der Waals surface area contributed by atoms with Crippen LogP contribution in [-0.2, 0) is 23.9 Å². The lowest BCUT2D eigenvalue weighted by Crippen LogP contribution is -2.11. The van der Waals surface area contributed by atoms with E-state index < -0.39 is 5.97 Å². The van der Waals surface area contributed by atoms with Crippen molar-refractivity contribution in [2.24, 2.45) is 23.2 Å². The van der Waals surface area contributed by atoms with Crippen molar-refractivity contribution in [3.05, 3.63) is 47.8 Å². The number of allylic oxidation sites excluding steroid dienone is 6. The van der Waals surface area contributed by atoms with Crippen LogP contribution in [0.25, 0.3) is 0 Å². The SMILES string of the molecule is C=CC=CCC1C(=O)CC(OC(=O)[C@@H]2[C@@H](C=C(C)C(=O)OC)C2(C)C)=C1C. The van der Waals surface area contributed by atoms with Crippen LogP contribution in [-0.4, -0.2) is 24.8 Å². The summed E-state index contributed by atoms with van der Waals surface area (Å²) < 4.78 is 10.3. The van der Waals surface area contributed by atoms with Crippen molar-refractivity contribution >= 4 is 17.7 Å². The third-order valence-electron chi connectivity index (χ3n) is 5.66. The molecule has 0 aliphatic heterocycles. The molecule has 1 unspecified atom stereocenters. The van der Waals surface area contributed by atoms with Crippen LogP contribution in [0.2, 0.25) is 0 Å². The highest BCUT2D eigenvalue weighted by Gasteiger charge is 2.62. The third kappa shape index (κ3) is 4.29. The minimum atomic E-state index is -0.403. The predicted molar refractivity (Wildman–Crippen MR) is 102 cm³/mol. The number of rotatable bonds is 7. The summed E-state index contributed by atoms with van der Waals surface area (Å²) in [6.45, 7) is 11.1. The van der Waals surface area contributed by atoms with Crippen LogP contribution in [0.4, 0.5) is 0 Å². The largest absolute Gasteiger partial charge is 0.466 e. The summed E-state index contributed by atoms with van der Waals surface area (Å²) in [6.07, 6.45) is 7.87. The molecule has 0 aromatic rings. The number of Topliss-reactive ketones (excluding diaryl/α,β-unsaturated/α-hetero) is 1. The van der Waals surface area contributed by atoms with E-state index in [0.717, 1.165) is 5.57 Å². The topological polar surface area (TPSA) is 69.7 Å². The minimum absolute atomic E-state index is 0.0667. The van der Waals surface area contributed by atoms with Crippen LogP contribution in [0, 0.1) is 23.2 Å². The Morgan fingerprint density at radius 2 is 2.00 bits per heavy atom. The molecule has 146 valence electrons. The summed E-state index contributed by atoms with van der Waals surface area (Å²) in [7, 11) is 1.33. The van der Waals surface area contributed by atoms with Gasteiger partial charge in [0.2, 0.25) is 0 Å². The lowest BCUT2D eigenvalue weighted by molar-refractivity contribution is -0.142. The van der Waals surface area contributed by atoms with Crippen LogP contribution in [0.3, 0.4) is 0 Å². The molecule has 3 atom stereocenters. The van der Waals surface area contributed by atoms with Gasteiger partial charge in [-0.3, -0.25) is 9.59 Å². The van der Waals surface area contributed by atoms with Crippen LogP contribution in [0.1, 0.15) is 40.5 Å². The van der Waals surface area contributed by atoms with Crippen LogP contribution < -0.4 is 0 Å². The highest BCUT2D eigenvalue weighted by molar-refractivity contribution is 5.91. The van der Waals surface area contributed by atoms with Gasteiger partial charge in [-0.1, -0.05) is 44.7 Å². The number of ketones is 1. The molecule has 5 nitrogen and oxygen atoms in total. The Kier molecular flexibility index (Phi) is 6.24. The number of carbonyl (C=O) groups is 3. The number of hydrogen-bond donors (Lipinski definition) is 0. The first-order valence-corrected chi connectivity index (χ1v) is 9.13. The van der Waals surface area contributed by atoms with E-state index in [1.165, 1.54) is 7.11 Å². The van der Waals surface area contributed by atoms with Crippen molar-refractivity contribution in [2.45, 2.75) is 40.5 Å². The second-order valence-corrected chi connectivity index (χ2v) is 7.79. The number of esters is 2. The first-order valence-electron chi connectivity index (χ1n) is 9.13. The molecule has 2 rings (SSSR count). The Labute approximate surface area is 160 Å². The number of methoxy groups -OCH3 is 1. The average molecular weight is 372 g/mol. The molecule has 0 heterocycles. The van der Waals surface area contributed by atoms with Gasteiger partial charge in [-0.05, 0) is 37.2 Å². The van der Waals surface area contributed by atoms with Crippen molar-refractivity contribution in [3.8, 4) is 0 Å². The minimum Gasteiger partial charge on any atom is -0.466 e.